The summed E-state index contributed by atoms with van der Waals surface area (Å²) in [6.07, 6.45) is 5.26. The predicted molar refractivity (Wildman–Crippen MR) is 66.3 cm³/mol. The first kappa shape index (κ1) is 11.8. The van der Waals surface area contributed by atoms with Crippen LogP contribution in [0.25, 0.3) is 0 Å². The van der Waals surface area contributed by atoms with Gasteiger partial charge < -0.3 is 10.6 Å². The maximum atomic E-state index is 11.9. The van der Waals surface area contributed by atoms with Crippen LogP contribution in [-0.4, -0.2) is 43.8 Å². The van der Waals surface area contributed by atoms with Crippen LogP contribution in [0.4, 0.5) is 0 Å². The Balaban J connectivity index is 1.58. The van der Waals surface area contributed by atoms with Gasteiger partial charge in [-0.05, 0) is 0 Å². The van der Waals surface area contributed by atoms with Crippen LogP contribution in [0.2, 0.25) is 0 Å². The van der Waals surface area contributed by atoms with E-state index < -0.39 is 0 Å². The number of hydrogen-bond acceptors (Lipinski definition) is 5. The number of rotatable bonds is 4. The minimum atomic E-state index is -0.220. The van der Waals surface area contributed by atoms with E-state index in [2.05, 4.69) is 26.0 Å². The summed E-state index contributed by atoms with van der Waals surface area (Å²) in [6.45, 7) is 2.19. The average Bonchev–Trinajstić information content (AvgIpc) is 2.93. The van der Waals surface area contributed by atoms with Gasteiger partial charge in [0.15, 0.2) is 5.69 Å². The molecule has 0 spiro atoms. The molecule has 1 saturated heterocycles. The molecular weight excluding hydrogens is 246 g/mol. The van der Waals surface area contributed by atoms with Gasteiger partial charge in [-0.2, -0.15) is 5.10 Å². The van der Waals surface area contributed by atoms with Crippen molar-refractivity contribution in [1.82, 2.24) is 35.4 Å². The molecule has 100 valence electrons. The molecule has 2 aromatic heterocycles. The van der Waals surface area contributed by atoms with Crippen molar-refractivity contribution in [1.29, 1.82) is 0 Å². The molecule has 1 aliphatic heterocycles. The summed E-state index contributed by atoms with van der Waals surface area (Å²) in [5, 5.41) is 17.8. The van der Waals surface area contributed by atoms with Gasteiger partial charge in [-0.15, -0.1) is 5.10 Å². The number of aryl methyl sites for hydroxylation is 1. The first-order chi connectivity index (χ1) is 9.22. The lowest BCUT2D eigenvalue weighted by Crippen LogP contribution is -2.43. The van der Waals surface area contributed by atoms with Crippen molar-refractivity contribution >= 4 is 5.91 Å². The van der Waals surface area contributed by atoms with Crippen LogP contribution >= 0.6 is 0 Å². The zero-order valence-electron chi connectivity index (χ0n) is 10.6. The minimum absolute atomic E-state index is 0.220. The Morgan fingerprint density at radius 2 is 2.37 bits per heavy atom. The maximum absolute atomic E-state index is 11.9. The fraction of sp³-hybridized carbons (Fsp3) is 0.455. The van der Waals surface area contributed by atoms with Crippen LogP contribution in [0, 0.1) is 0 Å². The third-order valence-corrected chi connectivity index (χ3v) is 3.09. The Hall–Kier alpha value is -2.22. The summed E-state index contributed by atoms with van der Waals surface area (Å²) < 4.78 is 3.43. The number of carbonyl (C=O) groups is 1. The summed E-state index contributed by atoms with van der Waals surface area (Å²) in [5.41, 5.74) is 1.29. The molecule has 1 fully saturated rings. The molecule has 0 bridgehead atoms. The van der Waals surface area contributed by atoms with Gasteiger partial charge in [-0.3, -0.25) is 9.48 Å². The highest BCUT2D eigenvalue weighted by Gasteiger charge is 2.21. The van der Waals surface area contributed by atoms with E-state index in [9.17, 15) is 4.79 Å². The topological polar surface area (TPSA) is 89.7 Å². The van der Waals surface area contributed by atoms with Gasteiger partial charge in [-0.1, -0.05) is 5.21 Å². The van der Waals surface area contributed by atoms with E-state index in [0.29, 0.717) is 18.3 Å². The highest BCUT2D eigenvalue weighted by molar-refractivity contribution is 5.91. The maximum Gasteiger partial charge on any atom is 0.273 e. The molecule has 2 N–H and O–H groups in total. The Bertz CT molecular complexity index is 583. The second-order valence-corrected chi connectivity index (χ2v) is 4.60. The highest BCUT2D eigenvalue weighted by Crippen LogP contribution is 2.09. The molecule has 3 rings (SSSR count). The number of hydrogen-bond donors (Lipinski definition) is 2. The molecule has 0 radical (unpaired) electrons. The second kappa shape index (κ2) is 4.81. The minimum Gasteiger partial charge on any atom is -0.346 e. The van der Waals surface area contributed by atoms with E-state index in [4.69, 9.17) is 0 Å². The van der Waals surface area contributed by atoms with E-state index >= 15 is 0 Å². The van der Waals surface area contributed by atoms with Crippen LogP contribution in [0.1, 0.15) is 22.1 Å². The predicted octanol–water partition coefficient (Wildman–Crippen LogP) is -0.914. The first-order valence-electron chi connectivity index (χ1n) is 6.10. The van der Waals surface area contributed by atoms with Crippen LogP contribution < -0.4 is 10.6 Å². The zero-order chi connectivity index (χ0) is 13.2. The lowest BCUT2D eigenvalue weighted by atomic mass is 10.2. The summed E-state index contributed by atoms with van der Waals surface area (Å²) in [4.78, 5) is 11.9. The molecule has 1 aliphatic rings. The van der Waals surface area contributed by atoms with Crippen molar-refractivity contribution in [3.63, 3.8) is 0 Å². The van der Waals surface area contributed by atoms with E-state index in [1.54, 1.807) is 21.8 Å². The second-order valence-electron chi connectivity index (χ2n) is 4.60. The van der Waals surface area contributed by atoms with Gasteiger partial charge in [0.1, 0.15) is 0 Å². The molecule has 1 amide bonds. The van der Waals surface area contributed by atoms with Crippen molar-refractivity contribution < 1.29 is 4.79 Å². The van der Waals surface area contributed by atoms with Crippen LogP contribution in [0.3, 0.4) is 0 Å². The van der Waals surface area contributed by atoms with Gasteiger partial charge in [0, 0.05) is 38.4 Å². The number of carbonyl (C=O) groups excluding carboxylic acids is 1. The molecule has 8 heteroatoms. The molecule has 0 saturated carbocycles. The number of amides is 1. The molecule has 0 aromatic carbocycles. The normalized spacial score (nSPS) is 15.2. The lowest BCUT2D eigenvalue weighted by Gasteiger charge is -2.26. The summed E-state index contributed by atoms with van der Waals surface area (Å²) in [7, 11) is 1.84. The molecule has 0 unspecified atom stereocenters. The van der Waals surface area contributed by atoms with Gasteiger partial charge in [0.25, 0.3) is 5.91 Å². The SMILES string of the molecule is Cn1cc(CNC(=O)c2cn(C3CNC3)nn2)cn1. The summed E-state index contributed by atoms with van der Waals surface area (Å²) >= 11 is 0. The zero-order valence-corrected chi connectivity index (χ0v) is 10.6. The Morgan fingerprint density at radius 1 is 1.53 bits per heavy atom. The Labute approximate surface area is 109 Å². The standard InChI is InChI=1S/C11H15N7O/c1-17-6-8(3-14-17)2-13-11(19)10-7-18(16-15-10)9-4-12-5-9/h3,6-7,9,12H,2,4-5H2,1H3,(H,13,19). The molecule has 2 aromatic rings. The third-order valence-electron chi connectivity index (χ3n) is 3.09. The molecular formula is C11H15N7O. The summed E-state index contributed by atoms with van der Waals surface area (Å²) in [6, 6.07) is 0.312. The van der Waals surface area contributed by atoms with E-state index in [1.807, 2.05) is 13.2 Å². The quantitative estimate of drug-likeness (QED) is 0.743. The molecule has 0 atom stereocenters. The fourth-order valence-electron chi connectivity index (χ4n) is 1.86. The van der Waals surface area contributed by atoms with Crippen molar-refractivity contribution in [2.75, 3.05) is 13.1 Å². The third kappa shape index (κ3) is 2.48. The van der Waals surface area contributed by atoms with Gasteiger partial charge in [-0.25, -0.2) is 4.68 Å². The molecule has 8 nitrogen and oxygen atoms in total. The Morgan fingerprint density at radius 3 is 3.00 bits per heavy atom. The average molecular weight is 261 g/mol. The largest absolute Gasteiger partial charge is 0.346 e. The van der Waals surface area contributed by atoms with Crippen molar-refractivity contribution in [3.8, 4) is 0 Å². The molecule has 19 heavy (non-hydrogen) atoms. The molecule has 3 heterocycles. The number of aromatic nitrogens is 5. The summed E-state index contributed by atoms with van der Waals surface area (Å²) in [5.74, 6) is -0.220. The van der Waals surface area contributed by atoms with Crippen molar-refractivity contribution in [2.45, 2.75) is 12.6 Å². The van der Waals surface area contributed by atoms with Gasteiger partial charge >= 0.3 is 0 Å². The van der Waals surface area contributed by atoms with Crippen LogP contribution in [-0.2, 0) is 13.6 Å². The van der Waals surface area contributed by atoms with Gasteiger partial charge in [0.2, 0.25) is 0 Å². The Kier molecular flexibility index (Phi) is 3.00. The number of nitrogens with zero attached hydrogens (tertiary/aromatic N) is 5. The molecule has 0 aliphatic carbocycles. The highest BCUT2D eigenvalue weighted by atomic mass is 16.2. The van der Waals surface area contributed by atoms with E-state index in [0.717, 1.165) is 18.7 Å². The number of nitrogens with one attached hydrogen (secondary N) is 2. The lowest BCUT2D eigenvalue weighted by molar-refractivity contribution is 0.0946. The van der Waals surface area contributed by atoms with Crippen LogP contribution in [0.5, 0.6) is 0 Å². The monoisotopic (exact) mass is 261 g/mol. The first-order valence-corrected chi connectivity index (χ1v) is 6.10. The smallest absolute Gasteiger partial charge is 0.273 e. The van der Waals surface area contributed by atoms with E-state index in [1.165, 1.54) is 0 Å². The van der Waals surface area contributed by atoms with Gasteiger partial charge in [0.05, 0.1) is 18.4 Å². The fourth-order valence-corrected chi connectivity index (χ4v) is 1.86. The van der Waals surface area contributed by atoms with E-state index in [-0.39, 0.29) is 5.91 Å². The van der Waals surface area contributed by atoms with Crippen molar-refractivity contribution in [2.24, 2.45) is 7.05 Å². The van der Waals surface area contributed by atoms with Crippen LogP contribution in [0.15, 0.2) is 18.6 Å². The van der Waals surface area contributed by atoms with Crippen molar-refractivity contribution in [3.05, 3.63) is 29.8 Å².